The van der Waals surface area contributed by atoms with Gasteiger partial charge < -0.3 is 10.2 Å². The molecule has 2 aromatic carbocycles. The molecule has 0 unspecified atom stereocenters. The molecule has 31 heavy (non-hydrogen) atoms. The zero-order valence-electron chi connectivity index (χ0n) is 17.1. The average Bonchev–Trinajstić information content (AvgIpc) is 3.17. The maximum atomic E-state index is 13.2. The molecule has 1 amide bonds. The second-order valence-electron chi connectivity index (χ2n) is 6.59. The van der Waals surface area contributed by atoms with Gasteiger partial charge in [0.05, 0.1) is 10.7 Å². The minimum Gasteiger partial charge on any atom is -0.391 e. The average molecular weight is 442 g/mol. The molecule has 0 bridgehead atoms. The van der Waals surface area contributed by atoms with Crippen molar-refractivity contribution in [2.45, 2.75) is 20.3 Å². The van der Waals surface area contributed by atoms with E-state index in [2.05, 4.69) is 22.0 Å². The van der Waals surface area contributed by atoms with Crippen molar-refractivity contribution in [1.29, 1.82) is 0 Å². The summed E-state index contributed by atoms with van der Waals surface area (Å²) in [4.78, 5) is 21.5. The molecule has 0 spiro atoms. The number of para-hydroxylation sites is 1. The quantitative estimate of drug-likeness (QED) is 0.195. The Hall–Kier alpha value is -3.39. The van der Waals surface area contributed by atoms with Gasteiger partial charge in [0, 0.05) is 11.3 Å². The van der Waals surface area contributed by atoms with E-state index in [0.717, 1.165) is 33.7 Å². The van der Waals surface area contributed by atoms with Crippen LogP contribution >= 0.6 is 11.3 Å². The summed E-state index contributed by atoms with van der Waals surface area (Å²) in [6.45, 7) is 7.33. The van der Waals surface area contributed by atoms with E-state index < -0.39 is 18.0 Å². The van der Waals surface area contributed by atoms with Crippen LogP contribution in [0, 0.1) is 6.92 Å². The van der Waals surface area contributed by atoms with Crippen LogP contribution in [0.5, 0.6) is 0 Å². The van der Waals surface area contributed by atoms with Gasteiger partial charge in [0.15, 0.2) is 0 Å². The molecule has 3 aromatic rings. The number of nitrogens with one attached hydrogen (secondary N) is 1. The Morgan fingerprint density at radius 2 is 1.97 bits per heavy atom. The Morgan fingerprint density at radius 3 is 2.65 bits per heavy atom. The molecule has 0 aliphatic carbocycles. The van der Waals surface area contributed by atoms with Gasteiger partial charge >= 0.3 is 0 Å². The molecule has 3 rings (SSSR count). The van der Waals surface area contributed by atoms with E-state index in [1.165, 1.54) is 0 Å². The molecule has 8 heteroatoms. The zero-order chi connectivity index (χ0) is 22.4. The molecule has 5 nitrogen and oxygen atoms in total. The molecule has 1 N–H and O–H groups in total. The van der Waals surface area contributed by atoms with Gasteiger partial charge in [-0.2, -0.15) is 0 Å². The van der Waals surface area contributed by atoms with Gasteiger partial charge in [-0.1, -0.05) is 60.3 Å². The zero-order valence-corrected chi connectivity index (χ0v) is 17.9. The summed E-state index contributed by atoms with van der Waals surface area (Å²) in [6, 6.07) is 14.8. The number of alkyl halides is 2. The fraction of sp³-hybridized carbons (Fsp3) is 0.174. The van der Waals surface area contributed by atoms with Crippen molar-refractivity contribution in [3.05, 3.63) is 82.3 Å². The number of benzene rings is 2. The van der Waals surface area contributed by atoms with Crippen LogP contribution in [0.3, 0.4) is 0 Å². The van der Waals surface area contributed by atoms with Crippen molar-refractivity contribution in [3.63, 3.8) is 0 Å². The number of carbonyl (C=O) groups excluding carboxylic acids is 1. The smallest absolute Gasteiger partial charge is 0.282 e. The van der Waals surface area contributed by atoms with E-state index in [0.29, 0.717) is 17.3 Å². The van der Waals surface area contributed by atoms with E-state index in [-0.39, 0.29) is 4.88 Å². The summed E-state index contributed by atoms with van der Waals surface area (Å²) >= 11 is 0.951. The third kappa shape index (κ3) is 5.40. The van der Waals surface area contributed by atoms with Gasteiger partial charge in [-0.3, -0.25) is 4.79 Å². The van der Waals surface area contributed by atoms with Crippen LogP contribution in [0.4, 0.5) is 14.5 Å². The van der Waals surface area contributed by atoms with Crippen molar-refractivity contribution in [1.82, 2.24) is 4.98 Å². The van der Waals surface area contributed by atoms with E-state index >= 15 is 0 Å². The molecule has 0 saturated heterocycles. The number of thiazole rings is 1. The van der Waals surface area contributed by atoms with Gasteiger partial charge in [-0.25, -0.2) is 13.8 Å². The van der Waals surface area contributed by atoms with Crippen molar-refractivity contribution >= 4 is 28.6 Å². The molecular weight excluding hydrogens is 420 g/mol. The highest BCUT2D eigenvalue weighted by molar-refractivity contribution is 7.13. The van der Waals surface area contributed by atoms with Crippen LogP contribution in [0.15, 0.2) is 66.3 Å². The van der Waals surface area contributed by atoms with Crippen LogP contribution in [0.25, 0.3) is 11.1 Å². The highest BCUT2D eigenvalue weighted by Crippen LogP contribution is 2.31. The van der Waals surface area contributed by atoms with E-state index in [9.17, 15) is 13.6 Å². The number of hydrogen-bond acceptors (Lipinski definition) is 5. The molecule has 1 heterocycles. The maximum absolute atomic E-state index is 13.2. The highest BCUT2D eigenvalue weighted by atomic mass is 32.1. The van der Waals surface area contributed by atoms with Gasteiger partial charge in [0.25, 0.3) is 12.3 Å². The fourth-order valence-electron chi connectivity index (χ4n) is 2.91. The van der Waals surface area contributed by atoms with Crippen LogP contribution in [-0.4, -0.2) is 23.2 Å². The van der Waals surface area contributed by atoms with Crippen LogP contribution in [-0.2, 0) is 4.84 Å². The summed E-state index contributed by atoms with van der Waals surface area (Å²) in [6.07, 6.45) is -1.20. The number of anilines is 1. The van der Waals surface area contributed by atoms with Gasteiger partial charge in [-0.15, -0.1) is 11.3 Å². The largest absolute Gasteiger partial charge is 0.391 e. The Kier molecular flexibility index (Phi) is 7.25. The lowest BCUT2D eigenvalue weighted by molar-refractivity contribution is 0.101. The van der Waals surface area contributed by atoms with Crippen molar-refractivity contribution in [2.75, 3.05) is 11.9 Å². The normalized spacial score (nSPS) is 11.5. The van der Waals surface area contributed by atoms with E-state index in [4.69, 9.17) is 4.84 Å². The predicted octanol–water partition coefficient (Wildman–Crippen LogP) is 6.24. The number of aromatic nitrogens is 1. The van der Waals surface area contributed by atoms with Crippen molar-refractivity contribution in [2.24, 2.45) is 5.16 Å². The third-order valence-corrected chi connectivity index (χ3v) is 5.34. The number of oxime groups is 1. The Labute approximate surface area is 183 Å². The number of rotatable bonds is 8. The highest BCUT2D eigenvalue weighted by Gasteiger charge is 2.24. The summed E-state index contributed by atoms with van der Waals surface area (Å²) in [5, 5.41) is 7.19. The van der Waals surface area contributed by atoms with Gasteiger partial charge in [0.1, 0.15) is 17.2 Å². The van der Waals surface area contributed by atoms with E-state index in [1.54, 1.807) is 25.1 Å². The van der Waals surface area contributed by atoms with Gasteiger partial charge in [0.2, 0.25) is 0 Å². The number of hydrogen-bond donors (Lipinski definition) is 1. The number of amides is 1. The summed E-state index contributed by atoms with van der Waals surface area (Å²) < 4.78 is 26.5. The molecule has 1 aromatic heterocycles. The maximum Gasteiger partial charge on any atom is 0.282 e. The standard InChI is InChI=1S/C23H21F2N3O2S/c1-4-13-30-28-14(2)16-9-11-17(12-10-16)18-7-5-6-8-19(18)27-23(29)21-20(22(24)25)26-15(3)31-21/h4-12,22H,1,13H2,2-3H3,(H,27,29). The number of nitrogens with zero attached hydrogens (tertiary/aromatic N) is 2. The first-order valence-corrected chi connectivity index (χ1v) is 10.3. The minimum atomic E-state index is -2.81. The summed E-state index contributed by atoms with van der Waals surface area (Å²) in [7, 11) is 0. The molecule has 0 fully saturated rings. The molecule has 0 atom stereocenters. The predicted molar refractivity (Wildman–Crippen MR) is 120 cm³/mol. The molecule has 0 saturated carbocycles. The fourth-order valence-corrected chi connectivity index (χ4v) is 3.73. The lowest BCUT2D eigenvalue weighted by Gasteiger charge is -2.12. The van der Waals surface area contributed by atoms with Crippen LogP contribution in [0.2, 0.25) is 0 Å². The number of carbonyl (C=O) groups is 1. The first-order chi connectivity index (χ1) is 14.9. The minimum absolute atomic E-state index is 0.0796. The van der Waals surface area contributed by atoms with Gasteiger partial charge in [-0.05, 0) is 31.0 Å². The molecule has 0 aliphatic rings. The molecule has 160 valence electrons. The van der Waals surface area contributed by atoms with E-state index in [1.807, 2.05) is 43.3 Å². The number of halogens is 2. The SMILES string of the molecule is C=CCON=C(C)c1ccc(-c2ccccc2NC(=O)c2sc(C)nc2C(F)F)cc1. The topological polar surface area (TPSA) is 63.6 Å². The number of aryl methyl sites for hydroxylation is 1. The Bertz CT molecular complexity index is 1110. The van der Waals surface area contributed by atoms with Crippen molar-refractivity contribution in [3.8, 4) is 11.1 Å². The lowest BCUT2D eigenvalue weighted by atomic mass is 10.0. The van der Waals surface area contributed by atoms with Crippen molar-refractivity contribution < 1.29 is 18.4 Å². The third-order valence-electron chi connectivity index (χ3n) is 4.36. The second-order valence-corrected chi connectivity index (χ2v) is 7.79. The monoisotopic (exact) mass is 441 g/mol. The lowest BCUT2D eigenvalue weighted by Crippen LogP contribution is -2.13. The Balaban J connectivity index is 1.85. The van der Waals surface area contributed by atoms with Crippen LogP contribution < -0.4 is 5.32 Å². The summed E-state index contributed by atoms with van der Waals surface area (Å²) in [5.74, 6) is -0.604. The molecular formula is C23H21F2N3O2S. The molecule has 0 radical (unpaired) electrons. The second kappa shape index (κ2) is 10.1. The first-order valence-electron chi connectivity index (χ1n) is 9.44. The molecule has 0 aliphatic heterocycles. The van der Waals surface area contributed by atoms with Crippen LogP contribution in [0.1, 0.15) is 39.3 Å². The summed E-state index contributed by atoms with van der Waals surface area (Å²) in [5.41, 5.74) is 3.25. The first kappa shape index (κ1) is 22.3. The Morgan fingerprint density at radius 1 is 1.26 bits per heavy atom.